The van der Waals surface area contributed by atoms with Gasteiger partial charge in [0.2, 0.25) is 0 Å². The first-order chi connectivity index (χ1) is 4.40. The molecule has 0 spiro atoms. The zero-order chi connectivity index (χ0) is 6.27. The number of nitrogens with zero attached hydrogens (tertiary/aromatic N) is 1. The highest BCUT2D eigenvalue weighted by molar-refractivity contribution is 4.90. The van der Waals surface area contributed by atoms with Crippen molar-refractivity contribution in [2.45, 2.75) is 19.5 Å². The van der Waals surface area contributed by atoms with Gasteiger partial charge < -0.3 is 5.32 Å². The van der Waals surface area contributed by atoms with Crippen molar-refractivity contribution in [1.82, 2.24) is 10.2 Å². The van der Waals surface area contributed by atoms with Gasteiger partial charge in [-0.25, -0.2) is 0 Å². The van der Waals surface area contributed by atoms with Gasteiger partial charge in [0.25, 0.3) is 0 Å². The number of rotatable bonds is 1. The Morgan fingerprint density at radius 3 is 2.89 bits per heavy atom. The minimum absolute atomic E-state index is 0.736. The minimum atomic E-state index is 0.736. The Morgan fingerprint density at radius 1 is 1.67 bits per heavy atom. The van der Waals surface area contributed by atoms with E-state index in [0.717, 1.165) is 12.1 Å². The van der Waals surface area contributed by atoms with Crippen molar-refractivity contribution in [2.75, 3.05) is 19.6 Å². The molecule has 2 aliphatic heterocycles. The van der Waals surface area contributed by atoms with Crippen molar-refractivity contribution in [3.8, 4) is 0 Å². The lowest BCUT2D eigenvalue weighted by Gasteiger charge is -2.25. The highest BCUT2D eigenvalue weighted by atomic mass is 15.3. The van der Waals surface area contributed by atoms with Crippen LogP contribution < -0.4 is 5.32 Å². The smallest absolute Gasteiger partial charge is 0.0600 e. The van der Waals surface area contributed by atoms with Gasteiger partial charge in [-0.05, 0) is 18.9 Å². The summed E-state index contributed by atoms with van der Waals surface area (Å²) in [5.41, 5.74) is 0. The molecule has 0 saturated carbocycles. The van der Waals surface area contributed by atoms with Crippen LogP contribution >= 0.6 is 0 Å². The van der Waals surface area contributed by atoms with E-state index < -0.39 is 0 Å². The van der Waals surface area contributed by atoms with Gasteiger partial charge in [0, 0.05) is 13.1 Å². The molecule has 0 unspecified atom stereocenters. The van der Waals surface area contributed by atoms with Crippen LogP contribution in [0.15, 0.2) is 0 Å². The molecule has 2 fully saturated rings. The normalized spacial score (nSPS) is 42.3. The lowest BCUT2D eigenvalue weighted by molar-refractivity contribution is 0.207. The van der Waals surface area contributed by atoms with Gasteiger partial charge >= 0.3 is 0 Å². The number of fused-ring (bicyclic) bond motifs is 2. The second-order valence-corrected chi connectivity index (χ2v) is 3.11. The molecule has 52 valence electrons. The molecule has 2 heteroatoms. The van der Waals surface area contributed by atoms with Crippen LogP contribution in [0.5, 0.6) is 0 Å². The summed E-state index contributed by atoms with van der Waals surface area (Å²) in [6.07, 6.45) is 2.13. The zero-order valence-electron chi connectivity index (χ0n) is 5.93. The summed E-state index contributed by atoms with van der Waals surface area (Å²) >= 11 is 0. The predicted octanol–water partition coefficient (Wildman–Crippen LogP) is 0.258. The van der Waals surface area contributed by atoms with Gasteiger partial charge in [-0.15, -0.1) is 0 Å². The molecule has 0 radical (unpaired) electrons. The summed E-state index contributed by atoms with van der Waals surface area (Å²) in [5, 5.41) is 3.48. The maximum Gasteiger partial charge on any atom is 0.0600 e. The van der Waals surface area contributed by atoms with Crippen LogP contribution in [0.2, 0.25) is 0 Å². The summed E-state index contributed by atoms with van der Waals surface area (Å²) in [4.78, 5) is 2.52. The molecule has 2 saturated heterocycles. The molecular formula is C7H14N2. The van der Waals surface area contributed by atoms with Crippen LogP contribution in [0, 0.1) is 5.92 Å². The first-order valence-electron chi connectivity index (χ1n) is 3.87. The summed E-state index contributed by atoms with van der Waals surface area (Å²) < 4.78 is 0. The molecule has 2 atom stereocenters. The van der Waals surface area contributed by atoms with E-state index in [1.54, 1.807) is 0 Å². The summed E-state index contributed by atoms with van der Waals surface area (Å²) in [5.74, 6) is 0.968. The van der Waals surface area contributed by atoms with Gasteiger partial charge in [0.05, 0.1) is 6.17 Å². The molecule has 0 aromatic carbocycles. The summed E-state index contributed by atoms with van der Waals surface area (Å²) in [6, 6.07) is 0. The molecule has 2 rings (SSSR count). The fourth-order valence-corrected chi connectivity index (χ4v) is 2.01. The van der Waals surface area contributed by atoms with Crippen LogP contribution in [0.25, 0.3) is 0 Å². The summed E-state index contributed by atoms with van der Waals surface area (Å²) in [7, 11) is 0. The number of hydrogen-bond acceptors (Lipinski definition) is 2. The van der Waals surface area contributed by atoms with E-state index in [4.69, 9.17) is 0 Å². The lowest BCUT2D eigenvalue weighted by atomic mass is 10.2. The van der Waals surface area contributed by atoms with Crippen LogP contribution in [-0.4, -0.2) is 30.7 Å². The van der Waals surface area contributed by atoms with Crippen LogP contribution in [-0.2, 0) is 0 Å². The van der Waals surface area contributed by atoms with Gasteiger partial charge in [-0.3, -0.25) is 4.90 Å². The molecule has 0 aromatic rings. The standard InChI is InChI=1S/C7H14N2/c1-2-9-5-6-3-7(9)8-4-6/h6-8H,2-5H2,1H3/t6-,7+/m0/s1. The van der Waals surface area contributed by atoms with Gasteiger partial charge in [0.15, 0.2) is 0 Å². The van der Waals surface area contributed by atoms with E-state index in [9.17, 15) is 0 Å². The molecule has 2 heterocycles. The third kappa shape index (κ3) is 0.775. The molecule has 0 aromatic heterocycles. The topological polar surface area (TPSA) is 15.3 Å². The maximum absolute atomic E-state index is 3.48. The van der Waals surface area contributed by atoms with Gasteiger partial charge in [-0.1, -0.05) is 6.92 Å². The molecule has 0 amide bonds. The molecule has 2 bridgehead atoms. The molecule has 1 N–H and O–H groups in total. The van der Waals surface area contributed by atoms with Crippen molar-refractivity contribution in [1.29, 1.82) is 0 Å². The number of likely N-dealkylation sites (tertiary alicyclic amines) is 1. The van der Waals surface area contributed by atoms with Crippen LogP contribution in [0.4, 0.5) is 0 Å². The number of nitrogens with one attached hydrogen (secondary N) is 1. The molecular weight excluding hydrogens is 112 g/mol. The van der Waals surface area contributed by atoms with E-state index >= 15 is 0 Å². The van der Waals surface area contributed by atoms with Crippen molar-refractivity contribution in [2.24, 2.45) is 5.92 Å². The second-order valence-electron chi connectivity index (χ2n) is 3.11. The van der Waals surface area contributed by atoms with Gasteiger partial charge in [0.1, 0.15) is 0 Å². The van der Waals surface area contributed by atoms with Crippen molar-refractivity contribution in [3.63, 3.8) is 0 Å². The van der Waals surface area contributed by atoms with E-state index in [2.05, 4.69) is 17.1 Å². The predicted molar refractivity (Wildman–Crippen MR) is 37.1 cm³/mol. The first-order valence-corrected chi connectivity index (χ1v) is 3.87. The van der Waals surface area contributed by atoms with E-state index in [1.807, 2.05) is 0 Å². The van der Waals surface area contributed by atoms with Crippen LogP contribution in [0.1, 0.15) is 13.3 Å². The second kappa shape index (κ2) is 1.96. The maximum atomic E-state index is 3.48. The van der Waals surface area contributed by atoms with E-state index in [1.165, 1.54) is 26.1 Å². The summed E-state index contributed by atoms with van der Waals surface area (Å²) in [6.45, 7) is 6.06. The molecule has 2 nitrogen and oxygen atoms in total. The first kappa shape index (κ1) is 5.69. The van der Waals surface area contributed by atoms with Gasteiger partial charge in [-0.2, -0.15) is 0 Å². The Labute approximate surface area is 56.2 Å². The van der Waals surface area contributed by atoms with E-state index in [-0.39, 0.29) is 0 Å². The highest BCUT2D eigenvalue weighted by Gasteiger charge is 2.35. The Balaban J connectivity index is 2.01. The number of hydrogen-bond donors (Lipinski definition) is 1. The fourth-order valence-electron chi connectivity index (χ4n) is 2.01. The van der Waals surface area contributed by atoms with Crippen molar-refractivity contribution in [3.05, 3.63) is 0 Å². The largest absolute Gasteiger partial charge is 0.301 e. The Kier molecular flexibility index (Phi) is 1.24. The average molecular weight is 126 g/mol. The molecule has 2 aliphatic rings. The van der Waals surface area contributed by atoms with Crippen molar-refractivity contribution >= 4 is 0 Å². The Bertz CT molecular complexity index is 113. The zero-order valence-corrected chi connectivity index (χ0v) is 5.93. The lowest BCUT2D eigenvalue weighted by Crippen LogP contribution is -2.43. The van der Waals surface area contributed by atoms with Crippen molar-refractivity contribution < 1.29 is 0 Å². The minimum Gasteiger partial charge on any atom is -0.301 e. The quantitative estimate of drug-likeness (QED) is 0.542. The Hall–Kier alpha value is -0.0800. The Morgan fingerprint density at radius 2 is 2.56 bits per heavy atom. The molecule has 9 heavy (non-hydrogen) atoms. The molecule has 0 aliphatic carbocycles. The fraction of sp³-hybridized carbons (Fsp3) is 1.00. The monoisotopic (exact) mass is 126 g/mol. The SMILES string of the molecule is CCN1C[C@@H]2CN[C@H]1C2. The van der Waals surface area contributed by atoms with Crippen LogP contribution in [0.3, 0.4) is 0 Å². The highest BCUT2D eigenvalue weighted by Crippen LogP contribution is 2.25. The van der Waals surface area contributed by atoms with E-state index in [0.29, 0.717) is 0 Å². The average Bonchev–Trinajstić information content (AvgIpc) is 2.45. The third-order valence-electron chi connectivity index (χ3n) is 2.54. The third-order valence-corrected chi connectivity index (χ3v) is 2.54.